The van der Waals surface area contributed by atoms with Crippen molar-refractivity contribution in [3.05, 3.63) is 11.3 Å². The van der Waals surface area contributed by atoms with E-state index in [4.69, 9.17) is 5.73 Å². The zero-order chi connectivity index (χ0) is 15.0. The zero-order valence-corrected chi connectivity index (χ0v) is 13.2. The monoisotopic (exact) mass is 313 g/mol. The third kappa shape index (κ3) is 2.61. The number of piperidine rings is 1. The largest absolute Gasteiger partial charge is 0.326 e. The Balaban J connectivity index is 1.85. The van der Waals surface area contributed by atoms with Crippen molar-refractivity contribution in [2.75, 3.05) is 26.2 Å². The summed E-state index contributed by atoms with van der Waals surface area (Å²) in [4.78, 5) is 2.41. The van der Waals surface area contributed by atoms with Crippen LogP contribution in [0.25, 0.3) is 0 Å². The predicted molar refractivity (Wildman–Crippen MR) is 79.2 cm³/mol. The maximum Gasteiger partial charge on any atom is 0.262 e. The minimum absolute atomic E-state index is 0.103. The second-order valence-corrected chi connectivity index (χ2v) is 7.74. The zero-order valence-electron chi connectivity index (χ0n) is 12.4. The average molecular weight is 313 g/mol. The standard InChI is InChI=1S/C13H23N5O2S/c1-10-12(8-14)13(16-15-10)21(19,20)18-7-6-17-5-3-2-4-11(17)9-18/h11H,2-9,14H2,1H3,(H,15,16). The van der Waals surface area contributed by atoms with Crippen molar-refractivity contribution < 1.29 is 8.42 Å². The fourth-order valence-corrected chi connectivity index (χ4v) is 5.00. The lowest BCUT2D eigenvalue weighted by molar-refractivity contribution is 0.0850. The molecule has 1 aromatic rings. The summed E-state index contributed by atoms with van der Waals surface area (Å²) in [6.45, 7) is 4.99. The van der Waals surface area contributed by atoms with Crippen molar-refractivity contribution in [3.63, 3.8) is 0 Å². The lowest BCUT2D eigenvalue weighted by Crippen LogP contribution is -2.56. The van der Waals surface area contributed by atoms with E-state index in [1.807, 2.05) is 0 Å². The molecule has 7 nitrogen and oxygen atoms in total. The number of aryl methyl sites for hydroxylation is 1. The molecule has 1 unspecified atom stereocenters. The molecule has 0 bridgehead atoms. The van der Waals surface area contributed by atoms with Gasteiger partial charge >= 0.3 is 0 Å². The van der Waals surface area contributed by atoms with Crippen molar-refractivity contribution >= 4 is 10.0 Å². The summed E-state index contributed by atoms with van der Waals surface area (Å²) < 4.78 is 27.2. The fraction of sp³-hybridized carbons (Fsp3) is 0.769. The predicted octanol–water partition coefficient (Wildman–Crippen LogP) is 0.0356. The van der Waals surface area contributed by atoms with Gasteiger partial charge in [-0.1, -0.05) is 6.42 Å². The van der Waals surface area contributed by atoms with E-state index in [0.717, 1.165) is 25.2 Å². The highest BCUT2D eigenvalue weighted by Crippen LogP contribution is 2.26. The van der Waals surface area contributed by atoms with Crippen LogP contribution in [0, 0.1) is 6.92 Å². The molecule has 2 aliphatic heterocycles. The first-order valence-electron chi connectivity index (χ1n) is 7.52. The van der Waals surface area contributed by atoms with Crippen LogP contribution in [0.2, 0.25) is 0 Å². The maximum absolute atomic E-state index is 12.8. The molecule has 1 aromatic heterocycles. The summed E-state index contributed by atoms with van der Waals surface area (Å²) in [7, 11) is -3.55. The summed E-state index contributed by atoms with van der Waals surface area (Å²) in [5.74, 6) is 0. The lowest BCUT2D eigenvalue weighted by Gasteiger charge is -2.43. The highest BCUT2D eigenvalue weighted by Gasteiger charge is 2.37. The van der Waals surface area contributed by atoms with E-state index in [1.54, 1.807) is 11.2 Å². The first kappa shape index (κ1) is 15.0. The molecular weight excluding hydrogens is 290 g/mol. The first-order chi connectivity index (χ1) is 10.0. The molecule has 1 atom stereocenters. The van der Waals surface area contributed by atoms with Crippen LogP contribution in [0.5, 0.6) is 0 Å². The van der Waals surface area contributed by atoms with Crippen LogP contribution < -0.4 is 5.73 Å². The summed E-state index contributed by atoms with van der Waals surface area (Å²) in [6, 6.07) is 0.351. The highest BCUT2D eigenvalue weighted by molar-refractivity contribution is 7.89. The number of sulfonamides is 1. The molecule has 3 N–H and O–H groups in total. The third-order valence-corrected chi connectivity index (χ3v) is 6.46. The van der Waals surface area contributed by atoms with Crippen LogP contribution in [-0.2, 0) is 16.6 Å². The molecule has 8 heteroatoms. The number of aromatic nitrogens is 2. The van der Waals surface area contributed by atoms with Crippen LogP contribution >= 0.6 is 0 Å². The molecule has 2 aliphatic rings. The van der Waals surface area contributed by atoms with Crippen molar-refractivity contribution in [1.29, 1.82) is 0 Å². The summed E-state index contributed by atoms with van der Waals surface area (Å²) >= 11 is 0. The molecule has 0 aliphatic carbocycles. The van der Waals surface area contributed by atoms with E-state index in [9.17, 15) is 8.42 Å². The Morgan fingerprint density at radius 2 is 2.14 bits per heavy atom. The molecule has 0 saturated carbocycles. The second-order valence-electron chi connectivity index (χ2n) is 5.89. The third-order valence-electron chi connectivity index (χ3n) is 4.62. The van der Waals surface area contributed by atoms with Gasteiger partial charge in [0.25, 0.3) is 10.0 Å². The maximum atomic E-state index is 12.8. The van der Waals surface area contributed by atoms with E-state index in [2.05, 4.69) is 15.1 Å². The Bertz CT molecular complexity index is 612. The smallest absolute Gasteiger partial charge is 0.262 e. The van der Waals surface area contributed by atoms with Gasteiger partial charge in [0, 0.05) is 43.5 Å². The highest BCUT2D eigenvalue weighted by atomic mass is 32.2. The minimum atomic E-state index is -3.55. The molecule has 3 heterocycles. The van der Waals surface area contributed by atoms with Gasteiger partial charge in [0.2, 0.25) is 0 Å². The van der Waals surface area contributed by atoms with Crippen molar-refractivity contribution in [1.82, 2.24) is 19.4 Å². The molecule has 2 saturated heterocycles. The fourth-order valence-electron chi connectivity index (χ4n) is 3.35. The van der Waals surface area contributed by atoms with Gasteiger partial charge in [0.15, 0.2) is 5.03 Å². The Morgan fingerprint density at radius 3 is 2.90 bits per heavy atom. The van der Waals surface area contributed by atoms with Gasteiger partial charge in [0.05, 0.1) is 0 Å². The van der Waals surface area contributed by atoms with Crippen LogP contribution in [0.1, 0.15) is 30.5 Å². The van der Waals surface area contributed by atoms with Gasteiger partial charge in [-0.3, -0.25) is 10.00 Å². The van der Waals surface area contributed by atoms with Gasteiger partial charge in [-0.2, -0.15) is 9.40 Å². The van der Waals surface area contributed by atoms with E-state index >= 15 is 0 Å². The quantitative estimate of drug-likeness (QED) is 0.821. The summed E-state index contributed by atoms with van der Waals surface area (Å²) in [5, 5.41) is 6.84. The molecule has 21 heavy (non-hydrogen) atoms. The minimum Gasteiger partial charge on any atom is -0.326 e. The van der Waals surface area contributed by atoms with Gasteiger partial charge < -0.3 is 5.73 Å². The van der Waals surface area contributed by atoms with E-state index in [0.29, 0.717) is 24.7 Å². The van der Waals surface area contributed by atoms with Crippen LogP contribution in [0.15, 0.2) is 5.03 Å². The van der Waals surface area contributed by atoms with E-state index < -0.39 is 10.0 Å². The molecule has 0 aromatic carbocycles. The molecule has 118 valence electrons. The van der Waals surface area contributed by atoms with E-state index in [1.165, 1.54) is 12.8 Å². The van der Waals surface area contributed by atoms with Gasteiger partial charge in [0.1, 0.15) is 0 Å². The van der Waals surface area contributed by atoms with E-state index in [-0.39, 0.29) is 11.6 Å². The number of H-pyrrole nitrogens is 1. The number of aromatic amines is 1. The number of fused-ring (bicyclic) bond motifs is 1. The van der Waals surface area contributed by atoms with Crippen LogP contribution in [0.4, 0.5) is 0 Å². The summed E-state index contributed by atoms with van der Waals surface area (Å²) in [5.41, 5.74) is 7.00. The number of nitrogens with zero attached hydrogens (tertiary/aromatic N) is 3. The number of nitrogens with one attached hydrogen (secondary N) is 1. The molecule has 0 radical (unpaired) electrons. The van der Waals surface area contributed by atoms with Gasteiger partial charge in [-0.25, -0.2) is 8.42 Å². The Hall–Kier alpha value is -0.960. The first-order valence-corrected chi connectivity index (χ1v) is 8.96. The molecule has 0 spiro atoms. The Labute approximate surface area is 125 Å². The second kappa shape index (κ2) is 5.68. The molecule has 3 rings (SSSR count). The summed E-state index contributed by atoms with van der Waals surface area (Å²) in [6.07, 6.45) is 3.49. The van der Waals surface area contributed by atoms with Gasteiger partial charge in [-0.05, 0) is 26.3 Å². The Kier molecular flexibility index (Phi) is 4.04. The molecule has 0 amide bonds. The number of nitrogens with two attached hydrogens (primary N) is 1. The molecule has 2 fully saturated rings. The van der Waals surface area contributed by atoms with Crippen molar-refractivity contribution in [3.8, 4) is 0 Å². The van der Waals surface area contributed by atoms with Crippen LogP contribution in [-0.4, -0.2) is 60.0 Å². The topological polar surface area (TPSA) is 95.3 Å². The molecular formula is C13H23N5O2S. The van der Waals surface area contributed by atoms with Crippen molar-refractivity contribution in [2.45, 2.75) is 43.8 Å². The van der Waals surface area contributed by atoms with Crippen LogP contribution in [0.3, 0.4) is 0 Å². The van der Waals surface area contributed by atoms with Gasteiger partial charge in [-0.15, -0.1) is 0 Å². The normalized spacial score (nSPS) is 25.0. The number of piperazine rings is 1. The SMILES string of the molecule is Cc1[nH]nc(S(=O)(=O)N2CCN3CCCCC3C2)c1CN. The average Bonchev–Trinajstić information content (AvgIpc) is 2.88. The Morgan fingerprint density at radius 1 is 1.33 bits per heavy atom. The lowest BCUT2D eigenvalue weighted by atomic mass is 10.0. The van der Waals surface area contributed by atoms with Crippen molar-refractivity contribution in [2.24, 2.45) is 5.73 Å². The number of rotatable bonds is 3. The number of hydrogen-bond donors (Lipinski definition) is 2. The number of hydrogen-bond acceptors (Lipinski definition) is 5.